The van der Waals surface area contributed by atoms with Crippen LogP contribution in [0, 0.1) is 0 Å². The molecule has 6 atom stereocenters. The van der Waals surface area contributed by atoms with Crippen LogP contribution < -0.4 is 11.2 Å². The molecule has 5 N–H and O–H groups in total. The Balaban J connectivity index is 1.78. The molecule has 19 heteroatoms. The van der Waals surface area contributed by atoms with Crippen LogP contribution in [-0.4, -0.2) is 54.5 Å². The van der Waals surface area contributed by atoms with Gasteiger partial charge in [0.05, 0.1) is 12.2 Å². The molecule has 2 aliphatic heterocycles. The van der Waals surface area contributed by atoms with Gasteiger partial charge in [-0.25, -0.2) is 18.5 Å². The number of hydrogen-bond donors (Lipinski definition) is 5. The van der Waals surface area contributed by atoms with Crippen molar-refractivity contribution in [2.24, 2.45) is 0 Å². The second-order valence-corrected chi connectivity index (χ2v) is 11.1. The summed E-state index contributed by atoms with van der Waals surface area (Å²) in [5.74, 6) is 0. The van der Waals surface area contributed by atoms with Crippen molar-refractivity contribution in [1.82, 2.24) is 9.55 Å². The number of aliphatic hydroxyl groups excluding tert-OH is 2. The van der Waals surface area contributed by atoms with Crippen LogP contribution in [-0.2, 0) is 42.4 Å². The van der Waals surface area contributed by atoms with Gasteiger partial charge in [-0.05, 0) is 6.92 Å². The molecule has 0 amide bonds. The van der Waals surface area contributed by atoms with Crippen LogP contribution >= 0.6 is 23.5 Å². The third-order valence-electron chi connectivity index (χ3n) is 4.06. The number of aryl methyl sites for hydroxylation is 1. The lowest BCUT2D eigenvalue weighted by Crippen LogP contribution is -2.36. The number of H-pyrrole nitrogens is 1. The van der Waals surface area contributed by atoms with Gasteiger partial charge in [-0.15, -0.1) is 0 Å². The standard InChI is InChI=1S/C11H17N2O14P3/c1-2-13-3-5(10(16)12-11(13)17)9-8(15)7(14)6(24-9)4-23-30(22)26-28(18,19)25-29(20,21)27-30/h3,6-9,14-15H,2,4H2,1H3,(H,18,19)(H,20,21)(H,12,16,17). The van der Waals surface area contributed by atoms with Crippen LogP contribution in [0.1, 0.15) is 18.6 Å². The quantitative estimate of drug-likeness (QED) is 0.313. The van der Waals surface area contributed by atoms with Crippen LogP contribution in [0.25, 0.3) is 0 Å². The SMILES string of the molecule is CCn1cc(C2OC(COP3(=O)OP(=O)(O)OP(=O)(O)O3)C(O)C2O)c(=O)[nH]c1=O. The summed E-state index contributed by atoms with van der Waals surface area (Å²) in [6.45, 7) is 0.881. The van der Waals surface area contributed by atoms with E-state index < -0.39 is 65.7 Å². The summed E-state index contributed by atoms with van der Waals surface area (Å²) >= 11 is 0. The molecule has 2 fully saturated rings. The van der Waals surface area contributed by atoms with E-state index >= 15 is 0 Å². The lowest BCUT2D eigenvalue weighted by atomic mass is 10.0. The second kappa shape index (κ2) is 8.17. The van der Waals surface area contributed by atoms with Crippen LogP contribution in [0.4, 0.5) is 0 Å². The molecule has 30 heavy (non-hydrogen) atoms. The Morgan fingerprint density at radius 2 is 1.70 bits per heavy atom. The molecule has 0 radical (unpaired) electrons. The summed E-state index contributed by atoms with van der Waals surface area (Å²) in [5, 5.41) is 20.4. The monoisotopic (exact) mass is 494 g/mol. The van der Waals surface area contributed by atoms with E-state index in [0.29, 0.717) is 0 Å². The van der Waals surface area contributed by atoms with E-state index in [1.807, 2.05) is 4.98 Å². The smallest absolute Gasteiger partial charge is 0.387 e. The fraction of sp³-hybridized carbons (Fsp3) is 0.636. The Morgan fingerprint density at radius 1 is 1.10 bits per heavy atom. The van der Waals surface area contributed by atoms with Gasteiger partial charge in [0.25, 0.3) is 5.56 Å². The van der Waals surface area contributed by atoms with Gasteiger partial charge in [-0.3, -0.25) is 14.3 Å². The van der Waals surface area contributed by atoms with Crippen molar-refractivity contribution < 1.29 is 55.9 Å². The lowest BCUT2D eigenvalue weighted by Gasteiger charge is -2.27. The molecule has 3 rings (SSSR count). The number of aromatic nitrogens is 2. The zero-order valence-electron chi connectivity index (χ0n) is 15.0. The molecular weight excluding hydrogens is 477 g/mol. The first kappa shape index (κ1) is 23.7. The van der Waals surface area contributed by atoms with E-state index in [-0.39, 0.29) is 12.1 Å². The topological polar surface area (TPSA) is 233 Å². The van der Waals surface area contributed by atoms with Crippen molar-refractivity contribution in [3.63, 3.8) is 0 Å². The molecule has 16 nitrogen and oxygen atoms in total. The number of nitrogens with one attached hydrogen (secondary N) is 1. The third-order valence-corrected chi connectivity index (χ3v) is 9.42. The van der Waals surface area contributed by atoms with Crippen molar-refractivity contribution in [3.05, 3.63) is 32.6 Å². The molecule has 2 saturated heterocycles. The van der Waals surface area contributed by atoms with Crippen molar-refractivity contribution in [3.8, 4) is 0 Å². The molecule has 0 aromatic carbocycles. The van der Waals surface area contributed by atoms with Gasteiger partial charge in [-0.1, -0.05) is 0 Å². The lowest BCUT2D eigenvalue weighted by molar-refractivity contribution is -0.0236. The number of aromatic amines is 1. The minimum absolute atomic E-state index is 0.183. The molecule has 6 unspecified atom stereocenters. The van der Waals surface area contributed by atoms with E-state index in [9.17, 15) is 43.3 Å². The maximum Gasteiger partial charge on any atom is 0.492 e. The van der Waals surface area contributed by atoms with Gasteiger partial charge in [-0.2, -0.15) is 12.9 Å². The number of aliphatic hydroxyl groups is 2. The summed E-state index contributed by atoms with van der Waals surface area (Å²) < 4.78 is 58.0. The number of hydrogen-bond acceptors (Lipinski definition) is 12. The van der Waals surface area contributed by atoms with E-state index in [1.54, 1.807) is 6.92 Å². The Kier molecular flexibility index (Phi) is 6.45. The normalized spacial score (nSPS) is 41.8. The van der Waals surface area contributed by atoms with Crippen molar-refractivity contribution in [1.29, 1.82) is 0 Å². The zero-order valence-corrected chi connectivity index (χ0v) is 17.6. The first-order valence-electron chi connectivity index (χ1n) is 8.15. The molecule has 3 heterocycles. The predicted octanol–water partition coefficient (Wildman–Crippen LogP) is -0.893. The van der Waals surface area contributed by atoms with E-state index in [0.717, 1.165) is 10.8 Å². The summed E-state index contributed by atoms with van der Waals surface area (Å²) in [7, 11) is -15.6. The van der Waals surface area contributed by atoms with Gasteiger partial charge in [0, 0.05) is 12.7 Å². The van der Waals surface area contributed by atoms with E-state index in [4.69, 9.17) is 4.74 Å². The molecule has 170 valence electrons. The van der Waals surface area contributed by atoms with Gasteiger partial charge >= 0.3 is 29.2 Å². The van der Waals surface area contributed by atoms with Crippen molar-refractivity contribution >= 4 is 23.5 Å². The van der Waals surface area contributed by atoms with Crippen LogP contribution in [0.5, 0.6) is 0 Å². The first-order chi connectivity index (χ1) is 13.8. The Hall–Kier alpha value is -0.990. The van der Waals surface area contributed by atoms with Gasteiger partial charge < -0.3 is 29.3 Å². The molecule has 0 spiro atoms. The zero-order chi connectivity index (χ0) is 22.5. The van der Waals surface area contributed by atoms with E-state index in [1.165, 1.54) is 0 Å². The maximum atomic E-state index is 12.2. The number of nitrogens with zero attached hydrogens (tertiary/aromatic N) is 1. The summed E-state index contributed by atoms with van der Waals surface area (Å²) in [5.41, 5.74) is -1.78. The fourth-order valence-corrected chi connectivity index (χ4v) is 7.68. The Morgan fingerprint density at radius 3 is 2.27 bits per heavy atom. The van der Waals surface area contributed by atoms with E-state index in [2.05, 4.69) is 17.5 Å². The first-order valence-corrected chi connectivity index (χ1v) is 12.6. The largest absolute Gasteiger partial charge is 0.492 e. The molecule has 0 saturated carbocycles. The number of phosphoric acid groups is 3. The summed E-state index contributed by atoms with van der Waals surface area (Å²) in [4.78, 5) is 44.1. The second-order valence-electron chi connectivity index (χ2n) is 6.13. The van der Waals surface area contributed by atoms with Crippen LogP contribution in [0.2, 0.25) is 0 Å². The molecule has 0 bridgehead atoms. The minimum atomic E-state index is -5.26. The highest BCUT2D eigenvalue weighted by molar-refractivity contribution is 7.74. The molecular formula is C11H17N2O14P3. The maximum absolute atomic E-state index is 12.2. The molecule has 0 aliphatic carbocycles. The van der Waals surface area contributed by atoms with Crippen molar-refractivity contribution in [2.45, 2.75) is 37.9 Å². The number of rotatable bonds is 5. The summed E-state index contributed by atoms with van der Waals surface area (Å²) in [6, 6.07) is 0. The highest BCUT2D eigenvalue weighted by Gasteiger charge is 2.55. The predicted molar refractivity (Wildman–Crippen MR) is 93.1 cm³/mol. The van der Waals surface area contributed by atoms with Crippen LogP contribution in [0.3, 0.4) is 0 Å². The Bertz CT molecular complexity index is 1050. The highest BCUT2D eigenvalue weighted by atomic mass is 31.3. The van der Waals surface area contributed by atoms with Gasteiger partial charge in [0.1, 0.15) is 24.4 Å². The average Bonchev–Trinajstić information content (AvgIpc) is 2.85. The van der Waals surface area contributed by atoms with Gasteiger partial charge in [0.15, 0.2) is 0 Å². The molecule has 2 aliphatic rings. The van der Waals surface area contributed by atoms with Crippen LogP contribution in [0.15, 0.2) is 15.8 Å². The fourth-order valence-electron chi connectivity index (χ4n) is 2.75. The van der Waals surface area contributed by atoms with Gasteiger partial charge in [0.2, 0.25) is 0 Å². The van der Waals surface area contributed by atoms with Crippen molar-refractivity contribution in [2.75, 3.05) is 6.61 Å². The highest BCUT2D eigenvalue weighted by Crippen LogP contribution is 2.80. The average molecular weight is 494 g/mol. The number of ether oxygens (including phenoxy) is 1. The molecule has 1 aromatic rings. The minimum Gasteiger partial charge on any atom is -0.387 e. The molecule has 1 aromatic heterocycles. The third kappa shape index (κ3) is 4.91. The summed E-state index contributed by atoms with van der Waals surface area (Å²) in [6.07, 6.45) is -5.19. The Labute approximate surface area is 166 Å².